The summed E-state index contributed by atoms with van der Waals surface area (Å²) in [5.74, 6) is 1.47. The summed E-state index contributed by atoms with van der Waals surface area (Å²) in [7, 11) is 5.26. The Balaban J connectivity index is 1.64. The molecule has 4 N–H and O–H groups in total. The molecule has 0 spiro atoms. The molecule has 2 aromatic rings. The summed E-state index contributed by atoms with van der Waals surface area (Å²) in [6, 6.07) is 3.61. The number of nitrogens with zero attached hydrogens (tertiary/aromatic N) is 6. The second-order valence-corrected chi connectivity index (χ2v) is 7.80. The van der Waals surface area contributed by atoms with Crippen LogP contribution in [0.4, 0.5) is 11.6 Å². The zero-order valence-corrected chi connectivity index (χ0v) is 18.6. The zero-order valence-electron chi connectivity index (χ0n) is 18.6. The van der Waals surface area contributed by atoms with Gasteiger partial charge in [0.2, 0.25) is 11.9 Å². The highest BCUT2D eigenvalue weighted by Crippen LogP contribution is 2.43. The molecule has 12 heteroatoms. The molecule has 0 saturated carbocycles. The van der Waals surface area contributed by atoms with E-state index < -0.39 is 12.0 Å². The molecule has 1 amide bonds. The molecule has 1 aromatic carbocycles. The molecule has 33 heavy (non-hydrogen) atoms. The van der Waals surface area contributed by atoms with Crippen molar-refractivity contribution in [2.45, 2.75) is 6.10 Å². The standard InChI is InChI=1S/C21H26N8O4/c1-28(2)10-13(30)11-33-15-5-4-14-16(17(15)32-3)26-21(29-7-6-23-18(14)29)27-19(31)12-8-24-20(22)25-9-12/h4-5,8-9,13,30H,6-7,10-11H2,1-3H3,(H2,22,24,25)(H,26,27,31)/t13-/m0/s1. The van der Waals surface area contributed by atoms with E-state index in [2.05, 4.69) is 25.3 Å². The van der Waals surface area contributed by atoms with E-state index in [-0.39, 0.29) is 18.1 Å². The Morgan fingerprint density at radius 3 is 2.79 bits per heavy atom. The quantitative estimate of drug-likeness (QED) is 0.519. The molecule has 3 heterocycles. The average Bonchev–Trinajstić information content (AvgIpc) is 3.28. The minimum Gasteiger partial charge on any atom is -0.491 e. The first-order valence-electron chi connectivity index (χ1n) is 10.3. The maximum Gasteiger partial charge on any atom is 0.261 e. The van der Waals surface area contributed by atoms with Crippen LogP contribution in [-0.4, -0.2) is 96.1 Å². The lowest BCUT2D eigenvalue weighted by Gasteiger charge is -2.28. The van der Waals surface area contributed by atoms with Gasteiger partial charge in [-0.3, -0.25) is 20.0 Å². The molecule has 2 aliphatic rings. The Morgan fingerprint density at radius 1 is 1.33 bits per heavy atom. The van der Waals surface area contributed by atoms with Crippen LogP contribution in [0.25, 0.3) is 0 Å². The van der Waals surface area contributed by atoms with Crippen molar-refractivity contribution in [2.24, 2.45) is 9.98 Å². The van der Waals surface area contributed by atoms with Gasteiger partial charge in [0.25, 0.3) is 5.91 Å². The number of fused-ring (bicyclic) bond motifs is 3. The fourth-order valence-corrected chi connectivity index (χ4v) is 3.59. The average molecular weight is 454 g/mol. The van der Waals surface area contributed by atoms with Crippen molar-refractivity contribution in [3.05, 3.63) is 35.7 Å². The maximum absolute atomic E-state index is 12.7. The number of nitrogens with one attached hydrogen (secondary N) is 1. The summed E-state index contributed by atoms with van der Waals surface area (Å²) in [5, 5.41) is 12.9. The smallest absolute Gasteiger partial charge is 0.261 e. The number of carbonyl (C=O) groups is 1. The van der Waals surface area contributed by atoms with Gasteiger partial charge in [-0.05, 0) is 26.2 Å². The number of anilines is 1. The highest BCUT2D eigenvalue weighted by atomic mass is 16.5. The lowest BCUT2D eigenvalue weighted by molar-refractivity contribution is 0.0818. The number of guanidine groups is 1. The SMILES string of the molecule is COc1c(OC[C@@H](O)CN(C)C)ccc2c1N=C(NC(=O)c1cnc(N)nc1)N1CCN=C21. The van der Waals surface area contributed by atoms with Crippen LogP contribution in [0, 0.1) is 0 Å². The van der Waals surface area contributed by atoms with Gasteiger partial charge in [-0.15, -0.1) is 0 Å². The van der Waals surface area contributed by atoms with E-state index in [1.165, 1.54) is 19.5 Å². The number of benzene rings is 1. The number of hydrogen-bond acceptors (Lipinski definition) is 11. The summed E-state index contributed by atoms with van der Waals surface area (Å²) in [6.07, 6.45) is 2.02. The van der Waals surface area contributed by atoms with E-state index in [4.69, 9.17) is 15.2 Å². The number of methoxy groups -OCH3 is 1. The van der Waals surface area contributed by atoms with Crippen molar-refractivity contribution in [2.75, 3.05) is 53.2 Å². The second-order valence-electron chi connectivity index (χ2n) is 7.80. The Morgan fingerprint density at radius 2 is 2.09 bits per heavy atom. The molecule has 12 nitrogen and oxygen atoms in total. The maximum atomic E-state index is 12.7. The molecule has 2 aliphatic heterocycles. The summed E-state index contributed by atoms with van der Waals surface area (Å²) in [4.78, 5) is 33.4. The van der Waals surface area contributed by atoms with Crippen LogP contribution < -0.4 is 20.5 Å². The topological polar surface area (TPSA) is 151 Å². The lowest BCUT2D eigenvalue weighted by Crippen LogP contribution is -2.47. The van der Waals surface area contributed by atoms with Crippen LogP contribution in [0.1, 0.15) is 15.9 Å². The van der Waals surface area contributed by atoms with Crippen molar-refractivity contribution in [3.63, 3.8) is 0 Å². The fraction of sp³-hybridized carbons (Fsp3) is 0.381. The van der Waals surface area contributed by atoms with E-state index in [1.807, 2.05) is 30.0 Å². The van der Waals surface area contributed by atoms with Crippen molar-refractivity contribution in [3.8, 4) is 11.5 Å². The predicted molar refractivity (Wildman–Crippen MR) is 122 cm³/mol. The predicted octanol–water partition coefficient (Wildman–Crippen LogP) is -0.138. The highest BCUT2D eigenvalue weighted by Gasteiger charge is 2.33. The van der Waals surface area contributed by atoms with Gasteiger partial charge in [0.15, 0.2) is 11.5 Å². The van der Waals surface area contributed by atoms with Gasteiger partial charge in [-0.25, -0.2) is 15.0 Å². The van der Waals surface area contributed by atoms with E-state index in [9.17, 15) is 9.90 Å². The summed E-state index contributed by atoms with van der Waals surface area (Å²) in [6.45, 7) is 1.68. The Labute approximate surface area is 190 Å². The van der Waals surface area contributed by atoms with Crippen molar-refractivity contribution in [1.82, 2.24) is 25.1 Å². The number of aliphatic hydroxyl groups excluding tert-OH is 1. The van der Waals surface area contributed by atoms with Crippen LogP contribution in [0.2, 0.25) is 0 Å². The van der Waals surface area contributed by atoms with Gasteiger partial charge < -0.3 is 25.2 Å². The molecule has 0 radical (unpaired) electrons. The van der Waals surface area contributed by atoms with Gasteiger partial charge >= 0.3 is 0 Å². The molecule has 1 atom stereocenters. The molecule has 0 saturated heterocycles. The summed E-state index contributed by atoms with van der Waals surface area (Å²) < 4.78 is 11.4. The minimum absolute atomic E-state index is 0.0809. The fourth-order valence-electron chi connectivity index (χ4n) is 3.59. The Bertz CT molecular complexity index is 1100. The largest absolute Gasteiger partial charge is 0.491 e. The Hall–Kier alpha value is -3.77. The molecular formula is C21H26N8O4. The van der Waals surface area contributed by atoms with E-state index in [1.54, 1.807) is 6.07 Å². The van der Waals surface area contributed by atoms with Gasteiger partial charge in [0.1, 0.15) is 24.2 Å². The first-order valence-corrected chi connectivity index (χ1v) is 10.3. The third-order valence-corrected chi connectivity index (χ3v) is 5.02. The zero-order chi connectivity index (χ0) is 23.5. The first-order chi connectivity index (χ1) is 15.9. The Kier molecular flexibility index (Phi) is 6.38. The number of nitrogens with two attached hydrogens (primary N) is 1. The summed E-state index contributed by atoms with van der Waals surface area (Å²) in [5.41, 5.74) is 6.99. The molecule has 0 bridgehead atoms. The van der Waals surface area contributed by atoms with Crippen LogP contribution in [0.3, 0.4) is 0 Å². The monoisotopic (exact) mass is 454 g/mol. The van der Waals surface area contributed by atoms with Gasteiger partial charge in [0.05, 0.1) is 19.2 Å². The van der Waals surface area contributed by atoms with Crippen LogP contribution in [0.15, 0.2) is 34.5 Å². The number of aliphatic hydroxyl groups is 1. The van der Waals surface area contributed by atoms with Crippen LogP contribution >= 0.6 is 0 Å². The third kappa shape index (κ3) is 4.71. The number of aromatic nitrogens is 2. The van der Waals surface area contributed by atoms with Gasteiger partial charge in [-0.2, -0.15) is 0 Å². The number of ether oxygens (including phenoxy) is 2. The van der Waals surface area contributed by atoms with Crippen LogP contribution in [-0.2, 0) is 0 Å². The van der Waals surface area contributed by atoms with Crippen LogP contribution in [0.5, 0.6) is 11.5 Å². The van der Waals surface area contributed by atoms with Crippen molar-refractivity contribution >= 4 is 29.3 Å². The van der Waals surface area contributed by atoms with Crippen molar-refractivity contribution in [1.29, 1.82) is 0 Å². The first kappa shape index (κ1) is 22.4. The highest BCUT2D eigenvalue weighted by molar-refractivity contribution is 6.20. The molecule has 4 rings (SSSR count). The number of nitrogen functional groups attached to an aromatic ring is 1. The van der Waals surface area contributed by atoms with Crippen molar-refractivity contribution < 1.29 is 19.4 Å². The number of hydrogen-bond donors (Lipinski definition) is 3. The molecule has 0 unspecified atom stereocenters. The number of carbonyl (C=O) groups excluding carboxylic acids is 1. The van der Waals surface area contributed by atoms with E-state index >= 15 is 0 Å². The molecule has 174 valence electrons. The summed E-state index contributed by atoms with van der Waals surface area (Å²) >= 11 is 0. The van der Waals surface area contributed by atoms with Gasteiger partial charge in [-0.1, -0.05) is 0 Å². The van der Waals surface area contributed by atoms with E-state index in [0.717, 1.165) is 5.56 Å². The normalized spacial score (nSPS) is 15.4. The third-order valence-electron chi connectivity index (χ3n) is 5.02. The molecular weight excluding hydrogens is 428 g/mol. The minimum atomic E-state index is -0.670. The molecule has 0 aliphatic carbocycles. The number of amides is 1. The number of likely N-dealkylation sites (N-methyl/N-ethyl adjacent to an activating group) is 1. The second kappa shape index (κ2) is 9.38. The lowest BCUT2D eigenvalue weighted by atomic mass is 10.1. The molecule has 1 aromatic heterocycles. The number of aliphatic imine (C=N–C) groups is 2. The van der Waals surface area contributed by atoms with E-state index in [0.29, 0.717) is 48.6 Å². The van der Waals surface area contributed by atoms with Gasteiger partial charge in [0, 0.05) is 31.0 Å². The molecule has 0 fully saturated rings. The number of rotatable bonds is 7. The number of amidine groups is 1.